The number of hydrogen-bond donors (Lipinski definition) is 3. The molecular weight excluding hydrogens is 464 g/mol. The van der Waals surface area contributed by atoms with E-state index in [1.807, 2.05) is 4.90 Å². The minimum Gasteiger partial charge on any atom is -0.395 e. The molecule has 0 radical (unpaired) electrons. The van der Waals surface area contributed by atoms with E-state index in [9.17, 15) is 9.90 Å². The number of benzene rings is 1. The van der Waals surface area contributed by atoms with Crippen LogP contribution in [0.4, 0.5) is 10.1 Å². The van der Waals surface area contributed by atoms with Gasteiger partial charge in [0.25, 0.3) is 0 Å². The predicted octanol–water partition coefficient (Wildman–Crippen LogP) is 4.70. The maximum absolute atomic E-state index is 15.9. The van der Waals surface area contributed by atoms with Crippen molar-refractivity contribution in [3.63, 3.8) is 0 Å². The minimum absolute atomic E-state index is 0.0264. The number of hydrogen-bond acceptors (Lipinski definition) is 4. The zero-order valence-corrected chi connectivity index (χ0v) is 20.3. The monoisotopic (exact) mass is 493 g/mol. The highest BCUT2D eigenvalue weighted by molar-refractivity contribution is 6.31. The Hall–Kier alpha value is -1.70. The second-order valence-electron chi connectivity index (χ2n) is 9.56. The molecule has 1 saturated heterocycles. The molecule has 1 aromatic carbocycles. The minimum atomic E-state index is -1.40. The molecule has 4 rings (SSSR count). The molecule has 0 bridgehead atoms. The number of nitrogens with two attached hydrogens (primary N) is 1. The van der Waals surface area contributed by atoms with Crippen LogP contribution < -0.4 is 11.1 Å². The topological polar surface area (TPSA) is 78.6 Å². The molecule has 3 aliphatic rings. The Balaban J connectivity index is 1.93. The summed E-state index contributed by atoms with van der Waals surface area (Å²) in [5.41, 5.74) is 6.43. The van der Waals surface area contributed by atoms with E-state index in [4.69, 9.17) is 28.9 Å². The summed E-state index contributed by atoms with van der Waals surface area (Å²) in [5, 5.41) is 14.1. The molecule has 1 aromatic rings. The fourth-order valence-corrected chi connectivity index (χ4v) is 6.36. The highest BCUT2D eigenvalue weighted by atomic mass is 35.5. The number of carbonyl (C=O) groups excluding carboxylic acids is 1. The highest BCUT2D eigenvalue weighted by Gasteiger charge is 2.68. The van der Waals surface area contributed by atoms with Crippen molar-refractivity contribution in [3.8, 4) is 0 Å². The Morgan fingerprint density at radius 1 is 1.39 bits per heavy atom. The molecule has 33 heavy (non-hydrogen) atoms. The second-order valence-corrected chi connectivity index (χ2v) is 10.5. The first kappa shape index (κ1) is 24.4. The van der Waals surface area contributed by atoms with Crippen molar-refractivity contribution in [3.05, 3.63) is 64.5 Å². The summed E-state index contributed by atoms with van der Waals surface area (Å²) in [6.45, 7) is 7.66. The predicted molar refractivity (Wildman–Crippen MR) is 131 cm³/mol. The summed E-state index contributed by atoms with van der Waals surface area (Å²) >= 11 is 12.0. The lowest BCUT2D eigenvalue weighted by atomic mass is 9.76. The van der Waals surface area contributed by atoms with Crippen molar-refractivity contribution < 1.29 is 14.3 Å². The summed E-state index contributed by atoms with van der Waals surface area (Å²) in [7, 11) is 0. The lowest BCUT2D eigenvalue weighted by Gasteiger charge is -2.42. The maximum Gasteiger partial charge on any atom is 0.250 e. The summed E-state index contributed by atoms with van der Waals surface area (Å²) in [6, 6.07) is 3.73. The first-order valence-corrected chi connectivity index (χ1v) is 12.0. The number of halogens is 3. The molecule has 2 heterocycles. The van der Waals surface area contributed by atoms with Crippen LogP contribution in [0.5, 0.6) is 0 Å². The summed E-state index contributed by atoms with van der Waals surface area (Å²) < 4.78 is 15.9. The van der Waals surface area contributed by atoms with Gasteiger partial charge in [-0.25, -0.2) is 4.39 Å². The highest BCUT2D eigenvalue weighted by Crippen LogP contribution is 2.57. The lowest BCUT2D eigenvalue weighted by molar-refractivity contribution is -0.131. The molecular formula is C25H30Cl2FN3O2. The average molecular weight is 494 g/mol. The van der Waals surface area contributed by atoms with E-state index in [2.05, 4.69) is 25.7 Å². The van der Waals surface area contributed by atoms with Gasteiger partial charge in [0.05, 0.1) is 18.6 Å². The van der Waals surface area contributed by atoms with Crippen molar-refractivity contribution in [2.24, 2.45) is 23.5 Å². The van der Waals surface area contributed by atoms with Gasteiger partial charge in [0.1, 0.15) is 11.4 Å². The van der Waals surface area contributed by atoms with Gasteiger partial charge in [-0.3, -0.25) is 9.69 Å². The molecule has 2 aliphatic heterocycles. The van der Waals surface area contributed by atoms with Gasteiger partial charge in [-0.2, -0.15) is 0 Å². The molecule has 1 saturated carbocycles. The Kier molecular flexibility index (Phi) is 6.78. The van der Waals surface area contributed by atoms with Crippen LogP contribution in [0, 0.1) is 17.8 Å². The molecule has 8 heteroatoms. The molecule has 1 amide bonds. The molecule has 5 nitrogen and oxygen atoms in total. The number of allylic oxidation sites excluding steroid dienone is 4. The lowest BCUT2D eigenvalue weighted by Crippen LogP contribution is -2.57. The first-order chi connectivity index (χ1) is 15.6. The van der Waals surface area contributed by atoms with Crippen molar-refractivity contribution in [2.45, 2.75) is 50.4 Å². The zero-order valence-electron chi connectivity index (χ0n) is 18.8. The molecule has 6 atom stereocenters. The van der Waals surface area contributed by atoms with Crippen LogP contribution in [0.2, 0.25) is 5.02 Å². The van der Waals surface area contributed by atoms with E-state index in [1.165, 1.54) is 18.2 Å². The van der Waals surface area contributed by atoms with E-state index < -0.39 is 29.4 Å². The number of rotatable bonds is 5. The van der Waals surface area contributed by atoms with Crippen molar-refractivity contribution >= 4 is 34.8 Å². The Labute approximate surface area is 204 Å². The SMILES string of the molecule is C=C(Cl)/C=C\C=C(/F)[C@H]1[C@H](N)[C@H](CO)N(C2C[C@H](C)[C@@H](C)C2)[C@@]12C(=O)Nc1cc(Cl)ccc12. The fraction of sp³-hybridized carbons (Fsp3) is 0.480. The fourth-order valence-electron chi connectivity index (χ4n) is 6.11. The first-order valence-electron chi connectivity index (χ1n) is 11.3. The van der Waals surface area contributed by atoms with Gasteiger partial charge < -0.3 is 16.2 Å². The van der Waals surface area contributed by atoms with Crippen LogP contribution in [0.25, 0.3) is 0 Å². The molecule has 2 fully saturated rings. The van der Waals surface area contributed by atoms with Crippen LogP contribution in [0.15, 0.2) is 53.9 Å². The molecule has 4 N–H and O–H groups in total. The van der Waals surface area contributed by atoms with Gasteiger partial charge >= 0.3 is 0 Å². The summed E-state index contributed by atoms with van der Waals surface area (Å²) in [6.07, 6.45) is 5.88. The third kappa shape index (κ3) is 3.86. The van der Waals surface area contributed by atoms with Gasteiger partial charge in [0.2, 0.25) is 5.91 Å². The number of fused-ring (bicyclic) bond motifs is 2. The largest absolute Gasteiger partial charge is 0.395 e. The maximum atomic E-state index is 15.9. The van der Waals surface area contributed by atoms with Crippen molar-refractivity contribution in [1.29, 1.82) is 0 Å². The van der Waals surface area contributed by atoms with E-state index in [0.717, 1.165) is 12.8 Å². The Morgan fingerprint density at radius 3 is 2.67 bits per heavy atom. The van der Waals surface area contributed by atoms with Gasteiger partial charge in [-0.1, -0.05) is 55.8 Å². The summed E-state index contributed by atoms with van der Waals surface area (Å²) in [4.78, 5) is 15.8. The van der Waals surface area contributed by atoms with E-state index in [0.29, 0.717) is 28.1 Å². The third-order valence-corrected chi connectivity index (χ3v) is 8.06. The van der Waals surface area contributed by atoms with E-state index >= 15 is 4.39 Å². The molecule has 0 aromatic heterocycles. The van der Waals surface area contributed by atoms with Crippen LogP contribution >= 0.6 is 23.2 Å². The smallest absolute Gasteiger partial charge is 0.250 e. The number of nitrogens with zero attached hydrogens (tertiary/aromatic N) is 1. The molecule has 1 spiro atoms. The number of aliphatic hydroxyl groups excluding tert-OH is 1. The summed E-state index contributed by atoms with van der Waals surface area (Å²) in [5.74, 6) is -1.02. The average Bonchev–Trinajstić information content (AvgIpc) is 3.31. The number of aliphatic hydroxyl groups is 1. The number of carbonyl (C=O) groups is 1. The number of anilines is 1. The number of nitrogens with one attached hydrogen (secondary N) is 1. The van der Waals surface area contributed by atoms with E-state index in [-0.39, 0.29) is 23.6 Å². The van der Waals surface area contributed by atoms with E-state index in [1.54, 1.807) is 18.2 Å². The Morgan fingerprint density at radius 2 is 2.06 bits per heavy atom. The van der Waals surface area contributed by atoms with Crippen LogP contribution in [-0.4, -0.2) is 40.6 Å². The number of likely N-dealkylation sites (tertiary alicyclic amines) is 1. The van der Waals surface area contributed by atoms with Gasteiger partial charge in [0, 0.05) is 33.4 Å². The molecule has 178 valence electrons. The third-order valence-electron chi connectivity index (χ3n) is 7.70. The van der Waals surface area contributed by atoms with Gasteiger partial charge in [-0.05, 0) is 49.0 Å². The van der Waals surface area contributed by atoms with Gasteiger partial charge in [-0.15, -0.1) is 0 Å². The quantitative estimate of drug-likeness (QED) is 0.519. The van der Waals surface area contributed by atoms with Crippen LogP contribution in [-0.2, 0) is 10.3 Å². The van der Waals surface area contributed by atoms with Crippen molar-refractivity contribution in [2.75, 3.05) is 11.9 Å². The standard InChI is InChI=1S/C25H30Cl2FN3O2/c1-13-9-17(10-14(13)2)31-21(12-32)23(29)22(19(28)6-4-5-15(3)26)25(31)18-8-7-16(27)11-20(18)30-24(25)33/h4-8,11,13-14,17,21-23,32H,3,9-10,12,29H2,1-2H3,(H,30,33)/b5-4-,19-6-/t13-,14-,21-,22-,23+,25+/m0/s1. The molecule has 0 unspecified atom stereocenters. The van der Waals surface area contributed by atoms with Crippen molar-refractivity contribution in [1.82, 2.24) is 4.90 Å². The van der Waals surface area contributed by atoms with Gasteiger partial charge in [0.15, 0.2) is 0 Å². The Bertz CT molecular complexity index is 1020. The second kappa shape index (κ2) is 9.16. The number of amides is 1. The molecule has 1 aliphatic carbocycles. The van der Waals surface area contributed by atoms with Crippen LogP contribution in [0.1, 0.15) is 32.3 Å². The van der Waals surface area contributed by atoms with Crippen LogP contribution in [0.3, 0.4) is 0 Å². The normalized spacial score (nSPS) is 35.1. The zero-order chi connectivity index (χ0) is 24.1.